The van der Waals surface area contributed by atoms with Crippen LogP contribution >= 0.6 is 0 Å². The maximum atomic E-state index is 6.70. The summed E-state index contributed by atoms with van der Waals surface area (Å²) in [7, 11) is -1.47. The number of fused-ring (bicyclic) bond motifs is 11. The average Bonchev–Trinajstić information content (AvgIpc) is 3.84. The van der Waals surface area contributed by atoms with Gasteiger partial charge in [0, 0.05) is 69.4 Å². The normalized spacial score (nSPS) is 24.0. The highest BCUT2D eigenvalue weighted by molar-refractivity contribution is 6.88. The third kappa shape index (κ3) is 4.42. The van der Waals surface area contributed by atoms with E-state index >= 15 is 0 Å². The summed E-state index contributed by atoms with van der Waals surface area (Å²) in [6, 6.07) is 27.8. The Morgan fingerprint density at radius 1 is 0.725 bits per heavy atom. The Morgan fingerprint density at radius 3 is 2.55 bits per heavy atom. The van der Waals surface area contributed by atoms with Crippen molar-refractivity contribution in [2.24, 2.45) is 5.92 Å². The van der Waals surface area contributed by atoms with Gasteiger partial charge in [0.1, 0.15) is 32.0 Å². The highest BCUT2D eigenvalue weighted by Crippen LogP contribution is 2.48. The monoisotopic (exact) mass is 675 g/mol. The maximum Gasteiger partial charge on any atom is 0.137 e. The number of nitrogens with zero attached hydrogens (tertiary/aromatic N) is 1. The summed E-state index contributed by atoms with van der Waals surface area (Å²) in [5.74, 6) is 3.09. The molecule has 0 spiro atoms. The third-order valence-electron chi connectivity index (χ3n) is 11.9. The molecule has 0 radical (unpaired) electrons. The molecule has 0 N–H and O–H groups in total. The van der Waals surface area contributed by atoms with Gasteiger partial charge in [0.05, 0.1) is 0 Å². The predicted octanol–water partition coefficient (Wildman–Crippen LogP) is 10.1. The predicted molar refractivity (Wildman–Crippen MR) is 213 cm³/mol. The highest BCUT2D eigenvalue weighted by Gasteiger charge is 2.39. The Kier molecular flexibility index (Phi) is 6.41. The van der Waals surface area contributed by atoms with Crippen LogP contribution in [-0.4, -0.2) is 14.9 Å². The fourth-order valence-corrected chi connectivity index (χ4v) is 12.0. The van der Waals surface area contributed by atoms with Crippen molar-refractivity contribution in [1.29, 1.82) is 0 Å². The molecule has 11 rings (SSSR count). The molecule has 0 saturated carbocycles. The molecule has 3 heterocycles. The standard InChI is InChI=1S/C47H37NO2Si/c1-51-44-25-24-39-37-16-5-7-19-42(37)50-47(39)46(44)40-23-21-33(28-45(40)51)48(32-20-22-38-36-15-4-6-18-41(36)49-43(38)27-32)31-13-8-12-30(26-31)35-17-9-11-29-10-2-3-14-34(29)35/h2-5,7-17,19-28,34-35,37,42,51H,6,18H2,1H3. The van der Waals surface area contributed by atoms with Crippen LogP contribution in [-0.2, 0) is 6.42 Å². The molecule has 246 valence electrons. The van der Waals surface area contributed by atoms with Crippen LogP contribution in [0.1, 0.15) is 40.7 Å². The molecular formula is C47H37NO2Si. The first-order valence-electron chi connectivity index (χ1n) is 18.4. The lowest BCUT2D eigenvalue weighted by molar-refractivity contribution is 0.270. The Labute approximate surface area is 300 Å². The van der Waals surface area contributed by atoms with Gasteiger partial charge in [-0.25, -0.2) is 0 Å². The van der Waals surface area contributed by atoms with Crippen LogP contribution in [0.25, 0.3) is 28.2 Å². The van der Waals surface area contributed by atoms with Crippen molar-refractivity contribution in [2.75, 3.05) is 4.90 Å². The number of furan rings is 1. The van der Waals surface area contributed by atoms with Gasteiger partial charge in [-0.3, -0.25) is 0 Å². The highest BCUT2D eigenvalue weighted by atomic mass is 28.3. The van der Waals surface area contributed by atoms with Crippen LogP contribution in [0.15, 0.2) is 156 Å². The minimum Gasteiger partial charge on any atom is -0.484 e. The molecule has 2 aliphatic heterocycles. The molecule has 0 fully saturated rings. The van der Waals surface area contributed by atoms with Gasteiger partial charge < -0.3 is 14.1 Å². The molecule has 51 heavy (non-hydrogen) atoms. The van der Waals surface area contributed by atoms with Crippen LogP contribution in [0.5, 0.6) is 5.75 Å². The Balaban J connectivity index is 1.05. The first kappa shape index (κ1) is 29.2. The number of hydrogen-bond acceptors (Lipinski definition) is 3. The minimum absolute atomic E-state index is 0.0861. The van der Waals surface area contributed by atoms with Crippen molar-refractivity contribution in [2.45, 2.75) is 37.3 Å². The number of benzene rings is 4. The zero-order valence-corrected chi connectivity index (χ0v) is 29.7. The molecule has 6 aliphatic rings. The van der Waals surface area contributed by atoms with Crippen LogP contribution in [0, 0.1) is 5.92 Å². The van der Waals surface area contributed by atoms with Gasteiger partial charge in [-0.1, -0.05) is 110 Å². The average molecular weight is 676 g/mol. The number of allylic oxidation sites excluding steroid dienone is 11. The van der Waals surface area contributed by atoms with Gasteiger partial charge in [-0.15, -0.1) is 0 Å². The first-order valence-corrected chi connectivity index (χ1v) is 20.7. The molecule has 0 amide bonds. The second kappa shape index (κ2) is 11.2. The van der Waals surface area contributed by atoms with Crippen molar-refractivity contribution in [1.82, 2.24) is 0 Å². The molecular weight excluding hydrogens is 639 g/mol. The number of hydrogen-bond donors (Lipinski definition) is 0. The zero-order valence-electron chi connectivity index (χ0n) is 28.5. The summed E-state index contributed by atoms with van der Waals surface area (Å²) < 4.78 is 13.2. The summed E-state index contributed by atoms with van der Waals surface area (Å²) >= 11 is 0. The SMILES string of the molecule is C[SiH]1c2cc(N(c3cccc(C4C=CC=C5C=CC=CC54)c3)c3ccc4c5c(oc4c3)CCC=C5)ccc2-c2c1ccc1c2OC2C=CC=CC12. The fraction of sp³-hybridized carbons (Fsp3) is 0.149. The number of rotatable bonds is 4. The Bertz CT molecular complexity index is 2520. The van der Waals surface area contributed by atoms with Gasteiger partial charge in [-0.05, 0) is 76.0 Å². The van der Waals surface area contributed by atoms with Crippen LogP contribution < -0.4 is 20.0 Å². The van der Waals surface area contributed by atoms with E-state index < -0.39 is 8.80 Å². The van der Waals surface area contributed by atoms with Gasteiger partial charge in [0.25, 0.3) is 0 Å². The fourth-order valence-electron chi connectivity index (χ4n) is 9.39. The second-order valence-corrected chi connectivity index (χ2v) is 17.3. The van der Waals surface area contributed by atoms with Gasteiger partial charge in [0.15, 0.2) is 0 Å². The third-order valence-corrected chi connectivity index (χ3v) is 14.7. The Hall–Kier alpha value is -5.58. The van der Waals surface area contributed by atoms with Gasteiger partial charge in [0.2, 0.25) is 0 Å². The van der Waals surface area contributed by atoms with Crippen molar-refractivity contribution in [3.8, 4) is 16.9 Å². The largest absolute Gasteiger partial charge is 0.484 e. The quantitative estimate of drug-likeness (QED) is 0.177. The Morgan fingerprint density at radius 2 is 1.57 bits per heavy atom. The lowest BCUT2D eigenvalue weighted by Gasteiger charge is -2.30. The smallest absolute Gasteiger partial charge is 0.137 e. The van der Waals surface area contributed by atoms with Crippen LogP contribution in [0.4, 0.5) is 17.1 Å². The number of ether oxygens (including phenoxy) is 1. The lowest BCUT2D eigenvalue weighted by Crippen LogP contribution is -2.34. The van der Waals surface area contributed by atoms with Gasteiger partial charge in [-0.2, -0.15) is 0 Å². The lowest BCUT2D eigenvalue weighted by atomic mass is 9.76. The van der Waals surface area contributed by atoms with E-state index in [1.165, 1.54) is 54.8 Å². The molecule has 1 aromatic heterocycles. The van der Waals surface area contributed by atoms with Crippen molar-refractivity contribution in [3.63, 3.8) is 0 Å². The molecule has 5 unspecified atom stereocenters. The van der Waals surface area contributed by atoms with E-state index in [-0.39, 0.29) is 12.0 Å². The van der Waals surface area contributed by atoms with Crippen molar-refractivity contribution >= 4 is 53.3 Å². The van der Waals surface area contributed by atoms with E-state index in [4.69, 9.17) is 9.15 Å². The topological polar surface area (TPSA) is 25.6 Å². The molecule has 5 atom stereocenters. The molecule has 4 aromatic carbocycles. The molecule has 4 aliphatic carbocycles. The van der Waals surface area contributed by atoms with E-state index in [0.29, 0.717) is 11.8 Å². The zero-order chi connectivity index (χ0) is 33.6. The summed E-state index contributed by atoms with van der Waals surface area (Å²) in [6.45, 7) is 2.48. The van der Waals surface area contributed by atoms with E-state index in [0.717, 1.165) is 41.3 Å². The summed E-state index contributed by atoms with van der Waals surface area (Å²) in [6.07, 6.45) is 31.1. The van der Waals surface area contributed by atoms with Crippen LogP contribution in [0.2, 0.25) is 6.55 Å². The molecule has 3 nitrogen and oxygen atoms in total. The number of aryl methyl sites for hydroxylation is 1. The van der Waals surface area contributed by atoms with E-state index in [1.54, 1.807) is 0 Å². The second-order valence-electron chi connectivity index (χ2n) is 14.7. The molecule has 0 bridgehead atoms. The maximum absolute atomic E-state index is 6.70. The van der Waals surface area contributed by atoms with Crippen LogP contribution in [0.3, 0.4) is 0 Å². The summed E-state index contributed by atoms with van der Waals surface area (Å²) in [4.78, 5) is 2.44. The van der Waals surface area contributed by atoms with E-state index in [9.17, 15) is 0 Å². The van der Waals surface area contributed by atoms with Crippen molar-refractivity contribution in [3.05, 3.63) is 174 Å². The summed E-state index contributed by atoms with van der Waals surface area (Å²) in [5, 5.41) is 4.15. The summed E-state index contributed by atoms with van der Waals surface area (Å²) in [5.41, 5.74) is 12.3. The molecule has 4 heteroatoms. The van der Waals surface area contributed by atoms with E-state index in [2.05, 4.69) is 163 Å². The van der Waals surface area contributed by atoms with Gasteiger partial charge >= 0.3 is 0 Å². The minimum atomic E-state index is -1.47. The number of anilines is 3. The van der Waals surface area contributed by atoms with E-state index in [1.807, 2.05) is 0 Å². The first-order chi connectivity index (χ1) is 25.2. The molecule has 0 saturated heterocycles. The van der Waals surface area contributed by atoms with Crippen molar-refractivity contribution < 1.29 is 9.15 Å². The molecule has 5 aromatic rings.